The molecule has 1 aliphatic heterocycles. The fourth-order valence-electron chi connectivity index (χ4n) is 2.43. The summed E-state index contributed by atoms with van der Waals surface area (Å²) in [6.07, 6.45) is 0. The second-order valence-electron chi connectivity index (χ2n) is 5.80. The molecule has 0 saturated carbocycles. The van der Waals surface area contributed by atoms with E-state index in [0.29, 0.717) is 18.1 Å². The van der Waals surface area contributed by atoms with Gasteiger partial charge in [-0.2, -0.15) is 0 Å². The van der Waals surface area contributed by atoms with Gasteiger partial charge in [-0.15, -0.1) is 0 Å². The van der Waals surface area contributed by atoms with E-state index >= 15 is 0 Å². The Morgan fingerprint density at radius 2 is 1.73 bits per heavy atom. The number of piperazine rings is 1. The summed E-state index contributed by atoms with van der Waals surface area (Å²) in [6, 6.07) is 2.04. The van der Waals surface area contributed by atoms with Crippen molar-refractivity contribution >= 4 is 0 Å². The molecule has 3 unspecified atom stereocenters. The molecule has 0 aliphatic carbocycles. The van der Waals surface area contributed by atoms with Crippen molar-refractivity contribution in [3.8, 4) is 0 Å². The highest BCUT2D eigenvalue weighted by molar-refractivity contribution is 4.89. The molecule has 0 bridgehead atoms. The Labute approximate surface area is 95.4 Å². The van der Waals surface area contributed by atoms with E-state index in [2.05, 4.69) is 51.8 Å². The van der Waals surface area contributed by atoms with E-state index in [-0.39, 0.29) is 0 Å². The lowest BCUT2D eigenvalue weighted by atomic mass is 9.93. The fourth-order valence-corrected chi connectivity index (χ4v) is 2.43. The first-order chi connectivity index (χ1) is 6.93. The number of hydrogen-bond acceptors (Lipinski definition) is 2. The lowest BCUT2D eigenvalue weighted by molar-refractivity contribution is 0.0472. The minimum absolute atomic E-state index is 0.640. The first kappa shape index (κ1) is 13.0. The highest BCUT2D eigenvalue weighted by Gasteiger charge is 2.31. The molecule has 0 spiro atoms. The lowest BCUT2D eigenvalue weighted by Gasteiger charge is -2.46. The predicted octanol–water partition coefficient (Wildman–Crippen LogP) is 2.35. The average molecular weight is 212 g/mol. The van der Waals surface area contributed by atoms with E-state index in [1.54, 1.807) is 0 Å². The highest BCUT2D eigenvalue weighted by atomic mass is 15.3. The molecule has 0 aromatic heterocycles. The molecule has 0 aromatic rings. The first-order valence-electron chi connectivity index (χ1n) is 6.42. The first-order valence-corrected chi connectivity index (χ1v) is 6.42. The van der Waals surface area contributed by atoms with Crippen molar-refractivity contribution in [1.82, 2.24) is 10.2 Å². The minimum atomic E-state index is 0.640. The molecule has 1 N–H and O–H groups in total. The Morgan fingerprint density at radius 3 is 2.20 bits per heavy atom. The standard InChI is InChI=1S/C13H28N2/c1-9(2)12(6)15-8-11(5)14-7-13(15)10(3)4/h9-14H,7-8H2,1-6H3. The zero-order chi connectivity index (χ0) is 11.6. The Kier molecular flexibility index (Phi) is 4.60. The van der Waals surface area contributed by atoms with Crippen LogP contribution < -0.4 is 5.32 Å². The van der Waals surface area contributed by atoms with E-state index in [9.17, 15) is 0 Å². The van der Waals surface area contributed by atoms with Crippen LogP contribution in [0.3, 0.4) is 0 Å². The normalized spacial score (nSPS) is 31.2. The Bertz CT molecular complexity index is 189. The molecule has 3 atom stereocenters. The van der Waals surface area contributed by atoms with Gasteiger partial charge in [0.25, 0.3) is 0 Å². The third-order valence-electron chi connectivity index (χ3n) is 3.84. The van der Waals surface area contributed by atoms with Crippen molar-refractivity contribution in [1.29, 1.82) is 0 Å². The van der Waals surface area contributed by atoms with Crippen molar-refractivity contribution < 1.29 is 0 Å². The number of rotatable bonds is 3. The Hall–Kier alpha value is -0.0800. The number of hydrogen-bond donors (Lipinski definition) is 1. The summed E-state index contributed by atoms with van der Waals surface area (Å²) in [7, 11) is 0. The molecule has 2 heteroatoms. The van der Waals surface area contributed by atoms with Crippen LogP contribution in [-0.2, 0) is 0 Å². The van der Waals surface area contributed by atoms with E-state index in [1.165, 1.54) is 6.54 Å². The van der Waals surface area contributed by atoms with E-state index in [0.717, 1.165) is 18.4 Å². The average Bonchev–Trinajstić information content (AvgIpc) is 2.15. The van der Waals surface area contributed by atoms with Gasteiger partial charge in [-0.25, -0.2) is 0 Å². The summed E-state index contributed by atoms with van der Waals surface area (Å²) in [4.78, 5) is 2.70. The molecule has 15 heavy (non-hydrogen) atoms. The monoisotopic (exact) mass is 212 g/mol. The summed E-state index contributed by atoms with van der Waals surface area (Å²) in [5.74, 6) is 1.49. The third kappa shape index (κ3) is 3.18. The van der Waals surface area contributed by atoms with Crippen molar-refractivity contribution in [3.63, 3.8) is 0 Å². The molecule has 90 valence electrons. The fraction of sp³-hybridized carbons (Fsp3) is 1.00. The minimum Gasteiger partial charge on any atom is -0.311 e. The zero-order valence-corrected chi connectivity index (χ0v) is 11.2. The summed E-state index contributed by atoms with van der Waals surface area (Å²) in [6.45, 7) is 16.3. The van der Waals surface area contributed by atoms with Gasteiger partial charge >= 0.3 is 0 Å². The zero-order valence-electron chi connectivity index (χ0n) is 11.2. The van der Waals surface area contributed by atoms with Gasteiger partial charge < -0.3 is 5.32 Å². The van der Waals surface area contributed by atoms with Gasteiger partial charge in [-0.05, 0) is 25.7 Å². The van der Waals surface area contributed by atoms with E-state index in [4.69, 9.17) is 0 Å². The SMILES string of the molecule is CC1CN(C(C)C(C)C)C(C(C)C)CN1. The second-order valence-corrected chi connectivity index (χ2v) is 5.80. The number of nitrogens with one attached hydrogen (secondary N) is 1. The quantitative estimate of drug-likeness (QED) is 0.772. The summed E-state index contributed by atoms with van der Waals surface area (Å²) in [5, 5.41) is 3.60. The Balaban J connectivity index is 2.69. The molecule has 2 nitrogen and oxygen atoms in total. The van der Waals surface area contributed by atoms with Crippen LogP contribution in [0, 0.1) is 11.8 Å². The second kappa shape index (κ2) is 5.31. The lowest BCUT2D eigenvalue weighted by Crippen LogP contribution is -2.60. The van der Waals surface area contributed by atoms with Gasteiger partial charge in [0.15, 0.2) is 0 Å². The maximum Gasteiger partial charge on any atom is 0.0247 e. The molecular weight excluding hydrogens is 184 g/mol. The third-order valence-corrected chi connectivity index (χ3v) is 3.84. The van der Waals surface area contributed by atoms with Gasteiger partial charge in [0.05, 0.1) is 0 Å². The van der Waals surface area contributed by atoms with Crippen molar-refractivity contribution in [2.75, 3.05) is 13.1 Å². The van der Waals surface area contributed by atoms with Gasteiger partial charge in [-0.1, -0.05) is 27.7 Å². The van der Waals surface area contributed by atoms with Gasteiger partial charge in [0.1, 0.15) is 0 Å². The summed E-state index contributed by atoms with van der Waals surface area (Å²) < 4.78 is 0. The van der Waals surface area contributed by atoms with Crippen LogP contribution in [0.25, 0.3) is 0 Å². The molecular formula is C13H28N2. The molecule has 1 aliphatic rings. The van der Waals surface area contributed by atoms with Crippen molar-refractivity contribution in [2.45, 2.75) is 59.7 Å². The van der Waals surface area contributed by atoms with Gasteiger partial charge in [0, 0.05) is 31.2 Å². The summed E-state index contributed by atoms with van der Waals surface area (Å²) in [5.41, 5.74) is 0. The summed E-state index contributed by atoms with van der Waals surface area (Å²) >= 11 is 0. The smallest absolute Gasteiger partial charge is 0.0247 e. The van der Waals surface area contributed by atoms with Crippen LogP contribution in [0.1, 0.15) is 41.5 Å². The van der Waals surface area contributed by atoms with Crippen LogP contribution in [0.5, 0.6) is 0 Å². The maximum absolute atomic E-state index is 3.60. The van der Waals surface area contributed by atoms with E-state index in [1.807, 2.05) is 0 Å². The molecule has 0 radical (unpaired) electrons. The van der Waals surface area contributed by atoms with Crippen LogP contribution in [0.15, 0.2) is 0 Å². The number of nitrogens with zero attached hydrogens (tertiary/aromatic N) is 1. The highest BCUT2D eigenvalue weighted by Crippen LogP contribution is 2.21. The van der Waals surface area contributed by atoms with E-state index < -0.39 is 0 Å². The molecule has 1 heterocycles. The molecule has 0 amide bonds. The van der Waals surface area contributed by atoms with Crippen molar-refractivity contribution in [3.05, 3.63) is 0 Å². The van der Waals surface area contributed by atoms with Gasteiger partial charge in [0.2, 0.25) is 0 Å². The van der Waals surface area contributed by atoms with Crippen LogP contribution in [-0.4, -0.2) is 36.1 Å². The molecule has 1 fully saturated rings. The largest absolute Gasteiger partial charge is 0.311 e. The molecule has 0 aromatic carbocycles. The topological polar surface area (TPSA) is 15.3 Å². The van der Waals surface area contributed by atoms with Crippen LogP contribution in [0.4, 0.5) is 0 Å². The Morgan fingerprint density at radius 1 is 1.13 bits per heavy atom. The molecule has 1 rings (SSSR count). The van der Waals surface area contributed by atoms with Crippen LogP contribution in [0.2, 0.25) is 0 Å². The maximum atomic E-state index is 3.60. The van der Waals surface area contributed by atoms with Crippen LogP contribution >= 0.6 is 0 Å². The van der Waals surface area contributed by atoms with Crippen molar-refractivity contribution in [2.24, 2.45) is 11.8 Å². The predicted molar refractivity (Wildman–Crippen MR) is 67.1 cm³/mol. The molecule has 1 saturated heterocycles. The van der Waals surface area contributed by atoms with Gasteiger partial charge in [-0.3, -0.25) is 4.90 Å².